The standard InChI is InChI=1S/C22H25N2O5PS/c1-3-28-21(25)19-18(16-7-5-4-6-8-16)22(31-20(19)23)30(26,17-10-9-15(2)29-17)24-11-13-27-14-12-24/h4-10H,3,11-14,23H2,1-2H3. The van der Waals surface area contributed by atoms with E-state index in [2.05, 4.69) is 0 Å². The van der Waals surface area contributed by atoms with Crippen molar-refractivity contribution in [1.29, 1.82) is 0 Å². The van der Waals surface area contributed by atoms with Gasteiger partial charge in [-0.15, -0.1) is 11.3 Å². The monoisotopic (exact) mass is 460 g/mol. The maximum absolute atomic E-state index is 14.9. The summed E-state index contributed by atoms with van der Waals surface area (Å²) in [5.41, 5.74) is 8.27. The van der Waals surface area contributed by atoms with Crippen LogP contribution in [0, 0.1) is 6.92 Å². The van der Waals surface area contributed by atoms with Gasteiger partial charge < -0.3 is 19.6 Å². The number of rotatable bonds is 6. The number of nitrogen functional groups attached to an aromatic ring is 1. The number of aryl methyl sites for hydroxylation is 1. The first kappa shape index (κ1) is 21.8. The van der Waals surface area contributed by atoms with Crippen LogP contribution in [0.1, 0.15) is 23.0 Å². The number of carbonyl (C=O) groups is 1. The maximum atomic E-state index is 14.9. The highest BCUT2D eigenvalue weighted by atomic mass is 32.1. The van der Waals surface area contributed by atoms with Crippen LogP contribution in [0.3, 0.4) is 0 Å². The number of hydrogen-bond acceptors (Lipinski definition) is 7. The second-order valence-corrected chi connectivity index (χ2v) is 11.1. The van der Waals surface area contributed by atoms with Crippen molar-refractivity contribution in [3.05, 3.63) is 53.8 Å². The van der Waals surface area contributed by atoms with E-state index in [1.165, 1.54) is 11.3 Å². The number of carbonyl (C=O) groups excluding carboxylic acids is 1. The molecule has 31 heavy (non-hydrogen) atoms. The third-order valence-corrected chi connectivity index (χ3v) is 9.79. The predicted octanol–water partition coefficient (Wildman–Crippen LogP) is 3.64. The van der Waals surface area contributed by atoms with Crippen LogP contribution < -0.4 is 15.9 Å². The number of nitrogens with zero attached hydrogens (tertiary/aromatic N) is 1. The summed E-state index contributed by atoms with van der Waals surface area (Å²) in [6.45, 7) is 5.68. The van der Waals surface area contributed by atoms with Crippen molar-refractivity contribution in [2.75, 3.05) is 38.6 Å². The molecular formula is C22H25N2O5PS. The lowest BCUT2D eigenvalue weighted by Gasteiger charge is -2.33. The Balaban J connectivity index is 2.00. The molecule has 0 bridgehead atoms. The minimum Gasteiger partial charge on any atom is -0.462 e. The van der Waals surface area contributed by atoms with Crippen LogP contribution in [0.4, 0.5) is 5.00 Å². The molecule has 9 heteroatoms. The minimum atomic E-state index is -3.43. The van der Waals surface area contributed by atoms with Crippen molar-refractivity contribution >= 4 is 39.7 Å². The van der Waals surface area contributed by atoms with Crippen molar-refractivity contribution in [3.63, 3.8) is 0 Å². The van der Waals surface area contributed by atoms with Gasteiger partial charge in [-0.2, -0.15) is 0 Å². The normalized spacial score (nSPS) is 16.7. The van der Waals surface area contributed by atoms with Crippen LogP contribution in [-0.2, 0) is 14.0 Å². The molecule has 2 aromatic heterocycles. The Morgan fingerprint density at radius 2 is 1.90 bits per heavy atom. The van der Waals surface area contributed by atoms with Crippen LogP contribution in [0.5, 0.6) is 0 Å². The van der Waals surface area contributed by atoms with E-state index in [0.717, 1.165) is 5.56 Å². The third-order valence-electron chi connectivity index (χ3n) is 5.14. The van der Waals surface area contributed by atoms with E-state index in [1.807, 2.05) is 41.9 Å². The number of morpholine rings is 1. The summed E-state index contributed by atoms with van der Waals surface area (Å²) in [7, 11) is -3.43. The van der Waals surface area contributed by atoms with E-state index in [9.17, 15) is 9.36 Å². The van der Waals surface area contributed by atoms with Gasteiger partial charge in [-0.05, 0) is 31.5 Å². The number of thiophene rings is 1. The number of furan rings is 1. The van der Waals surface area contributed by atoms with Gasteiger partial charge in [0, 0.05) is 18.7 Å². The first-order chi connectivity index (χ1) is 15.0. The summed E-state index contributed by atoms with van der Waals surface area (Å²) < 4.78 is 34.0. The first-order valence-corrected chi connectivity index (χ1v) is 12.6. The number of nitrogens with two attached hydrogens (primary N) is 1. The molecule has 0 saturated carbocycles. The molecule has 0 aliphatic carbocycles. The number of ether oxygens (including phenoxy) is 2. The highest BCUT2D eigenvalue weighted by Gasteiger charge is 2.44. The molecule has 0 amide bonds. The molecular weight excluding hydrogens is 435 g/mol. The fourth-order valence-electron chi connectivity index (χ4n) is 3.72. The number of benzene rings is 1. The van der Waals surface area contributed by atoms with Crippen molar-refractivity contribution in [3.8, 4) is 11.1 Å². The van der Waals surface area contributed by atoms with Gasteiger partial charge >= 0.3 is 5.97 Å². The molecule has 164 valence electrons. The van der Waals surface area contributed by atoms with Gasteiger partial charge in [0.1, 0.15) is 16.3 Å². The zero-order chi connectivity index (χ0) is 22.0. The molecule has 1 aliphatic rings. The molecule has 1 aliphatic heterocycles. The summed E-state index contributed by atoms with van der Waals surface area (Å²) >= 11 is 1.17. The molecule has 4 rings (SSSR count). The zero-order valence-corrected chi connectivity index (χ0v) is 19.2. The Morgan fingerprint density at radius 1 is 1.19 bits per heavy atom. The molecule has 1 saturated heterocycles. The van der Waals surface area contributed by atoms with Gasteiger partial charge in [0.15, 0.2) is 5.50 Å². The lowest BCUT2D eigenvalue weighted by Crippen LogP contribution is -2.39. The first-order valence-electron chi connectivity index (χ1n) is 10.1. The van der Waals surface area contributed by atoms with Crippen LogP contribution in [0.15, 0.2) is 46.9 Å². The highest BCUT2D eigenvalue weighted by molar-refractivity contribution is 7.81. The van der Waals surface area contributed by atoms with E-state index >= 15 is 0 Å². The van der Waals surface area contributed by atoms with E-state index in [0.29, 0.717) is 47.7 Å². The summed E-state index contributed by atoms with van der Waals surface area (Å²) in [4.78, 5) is 12.9. The average molecular weight is 460 g/mol. The fraction of sp³-hybridized carbons (Fsp3) is 0.318. The molecule has 1 fully saturated rings. The molecule has 1 unspecified atom stereocenters. The molecule has 3 aromatic rings. The average Bonchev–Trinajstić information content (AvgIpc) is 3.38. The second kappa shape index (κ2) is 9.01. The zero-order valence-electron chi connectivity index (χ0n) is 17.5. The fourth-order valence-corrected chi connectivity index (χ4v) is 8.49. The Labute approximate surface area is 185 Å². The molecule has 3 heterocycles. The third kappa shape index (κ3) is 3.96. The van der Waals surface area contributed by atoms with E-state index in [1.54, 1.807) is 19.1 Å². The van der Waals surface area contributed by atoms with Gasteiger partial charge in [0.25, 0.3) is 7.29 Å². The second-order valence-electron chi connectivity index (χ2n) is 7.13. The maximum Gasteiger partial charge on any atom is 0.341 e. The van der Waals surface area contributed by atoms with Crippen LogP contribution in [-0.4, -0.2) is 43.5 Å². The Hall–Kier alpha value is -2.38. The lowest BCUT2D eigenvalue weighted by molar-refractivity contribution is 0.0529. The minimum absolute atomic E-state index is 0.218. The Morgan fingerprint density at radius 3 is 2.52 bits per heavy atom. The van der Waals surface area contributed by atoms with Gasteiger partial charge in [0.2, 0.25) is 0 Å². The van der Waals surface area contributed by atoms with Gasteiger partial charge in [0.05, 0.1) is 24.4 Å². The van der Waals surface area contributed by atoms with E-state index in [4.69, 9.17) is 19.6 Å². The van der Waals surface area contributed by atoms with Crippen molar-refractivity contribution in [2.45, 2.75) is 13.8 Å². The molecule has 2 N–H and O–H groups in total. The largest absolute Gasteiger partial charge is 0.462 e. The van der Waals surface area contributed by atoms with Gasteiger partial charge in [-0.25, -0.2) is 9.46 Å². The molecule has 1 atom stereocenters. The quantitative estimate of drug-likeness (QED) is 0.443. The molecule has 1 aromatic carbocycles. The summed E-state index contributed by atoms with van der Waals surface area (Å²) in [6, 6.07) is 12.9. The van der Waals surface area contributed by atoms with Crippen LogP contribution in [0.2, 0.25) is 0 Å². The highest BCUT2D eigenvalue weighted by Crippen LogP contribution is 2.54. The van der Waals surface area contributed by atoms with Crippen molar-refractivity contribution < 1.29 is 23.3 Å². The number of anilines is 1. The van der Waals surface area contributed by atoms with Crippen LogP contribution in [0.25, 0.3) is 11.1 Å². The molecule has 7 nitrogen and oxygen atoms in total. The molecule has 0 radical (unpaired) electrons. The molecule has 0 spiro atoms. The van der Waals surface area contributed by atoms with Crippen molar-refractivity contribution in [1.82, 2.24) is 4.67 Å². The van der Waals surface area contributed by atoms with E-state index in [-0.39, 0.29) is 17.2 Å². The topological polar surface area (TPSA) is 95.0 Å². The Bertz CT molecular complexity index is 1120. The smallest absolute Gasteiger partial charge is 0.341 e. The Kier molecular flexibility index (Phi) is 6.34. The van der Waals surface area contributed by atoms with Crippen LogP contribution >= 0.6 is 18.6 Å². The van der Waals surface area contributed by atoms with E-state index < -0.39 is 13.3 Å². The number of esters is 1. The van der Waals surface area contributed by atoms with Gasteiger partial charge in [-0.1, -0.05) is 30.3 Å². The summed E-state index contributed by atoms with van der Waals surface area (Å²) in [5.74, 6) is 0.144. The van der Waals surface area contributed by atoms with Gasteiger partial charge in [-0.3, -0.25) is 4.57 Å². The SMILES string of the molecule is CCOC(=O)c1c(N)sc(P(=O)(c2ccc(C)o2)N2CCOCC2)c1-c1ccccc1. The lowest BCUT2D eigenvalue weighted by atomic mass is 10.0. The summed E-state index contributed by atoms with van der Waals surface area (Å²) in [5, 5.41) is 0.282. The van der Waals surface area contributed by atoms with Crippen molar-refractivity contribution in [2.24, 2.45) is 0 Å². The summed E-state index contributed by atoms with van der Waals surface area (Å²) in [6.07, 6.45) is 0. The number of hydrogen-bond donors (Lipinski definition) is 1. The predicted molar refractivity (Wildman–Crippen MR) is 123 cm³/mol.